The van der Waals surface area contributed by atoms with Crippen LogP contribution in [0.3, 0.4) is 0 Å². The summed E-state index contributed by atoms with van der Waals surface area (Å²) < 4.78 is 49.9. The van der Waals surface area contributed by atoms with Crippen molar-refractivity contribution in [1.82, 2.24) is 15.2 Å². The van der Waals surface area contributed by atoms with Gasteiger partial charge in [-0.2, -0.15) is 13.2 Å². The molecule has 0 aliphatic heterocycles. The van der Waals surface area contributed by atoms with E-state index in [1.54, 1.807) is 6.07 Å². The van der Waals surface area contributed by atoms with Crippen molar-refractivity contribution in [3.63, 3.8) is 0 Å². The number of amides is 1. The lowest BCUT2D eigenvalue weighted by Crippen LogP contribution is -2.28. The molecule has 0 aliphatic carbocycles. The molecule has 0 aliphatic rings. The number of carbonyl (C=O) groups excluding carboxylic acids is 1. The van der Waals surface area contributed by atoms with Crippen molar-refractivity contribution in [3.05, 3.63) is 89.1 Å². The second-order valence-corrected chi connectivity index (χ2v) is 7.56. The molecule has 0 unspecified atom stereocenters. The fourth-order valence-electron chi connectivity index (χ4n) is 3.37. The molecule has 0 bridgehead atoms. The van der Waals surface area contributed by atoms with E-state index < -0.39 is 11.7 Å². The molecule has 1 aromatic heterocycles. The van der Waals surface area contributed by atoms with Crippen LogP contribution in [0.4, 0.5) is 13.2 Å². The zero-order valence-corrected chi connectivity index (χ0v) is 18.4. The first kappa shape index (κ1) is 24.5. The minimum Gasteiger partial charge on any atom is -0.447 e. The van der Waals surface area contributed by atoms with Crippen molar-refractivity contribution in [2.45, 2.75) is 32.2 Å². The highest BCUT2D eigenvalue weighted by molar-refractivity contribution is 5.91. The molecular formula is C24H26F3N3O3. The van der Waals surface area contributed by atoms with Gasteiger partial charge >= 0.3 is 6.18 Å². The van der Waals surface area contributed by atoms with Crippen LogP contribution >= 0.6 is 0 Å². The Bertz CT molecular complexity index is 1040. The minimum absolute atomic E-state index is 0.132. The van der Waals surface area contributed by atoms with Crippen molar-refractivity contribution in [3.8, 4) is 0 Å². The van der Waals surface area contributed by atoms with Gasteiger partial charge in [0.05, 0.1) is 18.7 Å². The number of rotatable bonds is 10. The fourth-order valence-corrected chi connectivity index (χ4v) is 3.37. The van der Waals surface area contributed by atoms with Gasteiger partial charge in [-0.05, 0) is 24.1 Å². The Hall–Kier alpha value is -3.17. The summed E-state index contributed by atoms with van der Waals surface area (Å²) in [6.07, 6.45) is -3.15. The van der Waals surface area contributed by atoms with E-state index in [0.717, 1.165) is 17.7 Å². The lowest BCUT2D eigenvalue weighted by Gasteiger charge is -2.28. The molecule has 1 N–H and O–H groups in total. The second kappa shape index (κ2) is 11.1. The number of hydrogen-bond acceptors (Lipinski definition) is 5. The van der Waals surface area contributed by atoms with Gasteiger partial charge < -0.3 is 14.5 Å². The summed E-state index contributed by atoms with van der Waals surface area (Å²) in [5.41, 5.74) is 0.941. The maximum absolute atomic E-state index is 13.2. The van der Waals surface area contributed by atoms with Crippen LogP contribution in [0.15, 0.2) is 65.3 Å². The number of halogens is 3. The molecule has 0 saturated heterocycles. The maximum atomic E-state index is 13.2. The molecule has 3 aromatic rings. The zero-order valence-electron chi connectivity index (χ0n) is 18.4. The van der Waals surface area contributed by atoms with Crippen LogP contribution in [-0.4, -0.2) is 36.1 Å². The van der Waals surface area contributed by atoms with Crippen LogP contribution in [-0.2, 0) is 24.0 Å². The number of carbonyl (C=O) groups is 1. The molecule has 33 heavy (non-hydrogen) atoms. The van der Waals surface area contributed by atoms with Gasteiger partial charge in [-0.3, -0.25) is 9.69 Å². The Morgan fingerprint density at radius 1 is 1.15 bits per heavy atom. The second-order valence-electron chi connectivity index (χ2n) is 7.56. The molecule has 2 aromatic carbocycles. The van der Waals surface area contributed by atoms with Crippen LogP contribution in [0.25, 0.3) is 0 Å². The molecule has 6 nitrogen and oxygen atoms in total. The van der Waals surface area contributed by atoms with E-state index in [2.05, 4.69) is 10.3 Å². The van der Waals surface area contributed by atoms with Crippen molar-refractivity contribution in [2.75, 3.05) is 20.3 Å². The SMILES string of the molecule is COCCNC(=O)c1coc(CN(Cc2cccc(C(F)(F)F)c2)[C@@H](C)c2ccccc2)n1. The van der Waals surface area contributed by atoms with E-state index in [9.17, 15) is 18.0 Å². The number of ether oxygens (including phenoxy) is 1. The van der Waals surface area contributed by atoms with E-state index in [4.69, 9.17) is 9.15 Å². The van der Waals surface area contributed by atoms with E-state index in [0.29, 0.717) is 24.6 Å². The Balaban J connectivity index is 1.81. The molecule has 1 heterocycles. The first-order valence-electron chi connectivity index (χ1n) is 10.4. The van der Waals surface area contributed by atoms with Crippen molar-refractivity contribution < 1.29 is 27.1 Å². The molecule has 176 valence electrons. The number of alkyl halides is 3. The number of methoxy groups -OCH3 is 1. The molecule has 0 spiro atoms. The molecular weight excluding hydrogens is 435 g/mol. The van der Waals surface area contributed by atoms with Gasteiger partial charge in [0, 0.05) is 26.2 Å². The van der Waals surface area contributed by atoms with Gasteiger partial charge in [0.1, 0.15) is 6.26 Å². The van der Waals surface area contributed by atoms with Gasteiger partial charge in [-0.15, -0.1) is 0 Å². The smallest absolute Gasteiger partial charge is 0.416 e. The fraction of sp³-hybridized carbons (Fsp3) is 0.333. The third-order valence-corrected chi connectivity index (χ3v) is 5.18. The first-order chi connectivity index (χ1) is 15.8. The van der Waals surface area contributed by atoms with Crippen molar-refractivity contribution in [2.24, 2.45) is 0 Å². The lowest BCUT2D eigenvalue weighted by atomic mass is 10.0. The van der Waals surface area contributed by atoms with Gasteiger partial charge in [0.25, 0.3) is 5.91 Å². The quantitative estimate of drug-likeness (QED) is 0.438. The number of nitrogens with zero attached hydrogens (tertiary/aromatic N) is 2. The zero-order chi connectivity index (χ0) is 23.8. The van der Waals surface area contributed by atoms with Gasteiger partial charge in [-0.25, -0.2) is 4.98 Å². The predicted octanol–water partition coefficient (Wildman–Crippen LogP) is 4.83. The van der Waals surface area contributed by atoms with Crippen LogP contribution < -0.4 is 5.32 Å². The number of oxazole rings is 1. The van der Waals surface area contributed by atoms with Gasteiger partial charge in [0.2, 0.25) is 5.89 Å². The first-order valence-corrected chi connectivity index (χ1v) is 10.4. The van der Waals surface area contributed by atoms with Gasteiger partial charge in [-0.1, -0.05) is 48.5 Å². The van der Waals surface area contributed by atoms with Crippen LogP contribution in [0.1, 0.15) is 46.0 Å². The topological polar surface area (TPSA) is 67.6 Å². The average molecular weight is 461 g/mol. The van der Waals surface area contributed by atoms with Crippen LogP contribution in [0.2, 0.25) is 0 Å². The molecule has 9 heteroatoms. The molecule has 1 amide bonds. The number of benzene rings is 2. The minimum atomic E-state index is -4.42. The molecule has 0 radical (unpaired) electrons. The highest BCUT2D eigenvalue weighted by atomic mass is 19.4. The molecule has 0 saturated carbocycles. The Labute approximate surface area is 190 Å². The lowest BCUT2D eigenvalue weighted by molar-refractivity contribution is -0.137. The molecule has 1 atom stereocenters. The average Bonchev–Trinajstić information content (AvgIpc) is 3.27. The summed E-state index contributed by atoms with van der Waals surface area (Å²) in [5, 5.41) is 2.67. The summed E-state index contributed by atoms with van der Waals surface area (Å²) in [4.78, 5) is 18.4. The number of hydrogen-bond donors (Lipinski definition) is 1. The molecule has 3 rings (SSSR count). The normalized spacial score (nSPS) is 12.7. The van der Waals surface area contributed by atoms with E-state index in [-0.39, 0.29) is 30.7 Å². The van der Waals surface area contributed by atoms with E-state index in [1.165, 1.54) is 19.4 Å². The maximum Gasteiger partial charge on any atom is 0.416 e. The highest BCUT2D eigenvalue weighted by Gasteiger charge is 2.30. The van der Waals surface area contributed by atoms with Crippen LogP contribution in [0.5, 0.6) is 0 Å². The predicted molar refractivity (Wildman–Crippen MR) is 116 cm³/mol. The van der Waals surface area contributed by atoms with Crippen molar-refractivity contribution >= 4 is 5.91 Å². The Morgan fingerprint density at radius 2 is 1.91 bits per heavy atom. The standard InChI is InChI=1S/C24H26F3N3O3/c1-17(19-8-4-3-5-9-19)30(14-18-7-6-10-20(13-18)24(25,26)27)15-22-29-21(16-33-22)23(31)28-11-12-32-2/h3-10,13,16-17H,11-12,14-15H2,1-2H3,(H,28,31)/t17-/m0/s1. The Morgan fingerprint density at radius 3 is 2.61 bits per heavy atom. The number of aromatic nitrogens is 1. The van der Waals surface area contributed by atoms with Gasteiger partial charge in [0.15, 0.2) is 5.69 Å². The van der Waals surface area contributed by atoms with Crippen molar-refractivity contribution in [1.29, 1.82) is 0 Å². The highest BCUT2D eigenvalue weighted by Crippen LogP contribution is 2.31. The number of nitrogens with one attached hydrogen (secondary N) is 1. The third kappa shape index (κ3) is 6.90. The summed E-state index contributed by atoms with van der Waals surface area (Å²) in [7, 11) is 1.53. The van der Waals surface area contributed by atoms with E-state index in [1.807, 2.05) is 42.2 Å². The molecule has 0 fully saturated rings. The van der Waals surface area contributed by atoms with E-state index >= 15 is 0 Å². The third-order valence-electron chi connectivity index (χ3n) is 5.18. The summed E-state index contributed by atoms with van der Waals surface area (Å²) in [6.45, 7) is 3.11. The summed E-state index contributed by atoms with van der Waals surface area (Å²) >= 11 is 0. The Kier molecular flexibility index (Phi) is 8.24. The monoisotopic (exact) mass is 461 g/mol. The van der Waals surface area contributed by atoms with Crippen LogP contribution in [0, 0.1) is 0 Å². The summed E-state index contributed by atoms with van der Waals surface area (Å²) in [6, 6.07) is 14.7. The summed E-state index contributed by atoms with van der Waals surface area (Å²) in [5.74, 6) is -0.0933. The largest absolute Gasteiger partial charge is 0.447 e.